The van der Waals surface area contributed by atoms with Crippen LogP contribution in [0.3, 0.4) is 0 Å². The third kappa shape index (κ3) is 4.65. The molecule has 0 radical (unpaired) electrons. The molecule has 0 heterocycles. The number of carbonyl (C=O) groups excluding carboxylic acids is 1. The first-order valence-corrected chi connectivity index (χ1v) is 8.69. The van der Waals surface area contributed by atoms with Crippen LogP contribution >= 0.6 is 23.2 Å². The molecule has 0 aliphatic rings. The Kier molecular flexibility index (Phi) is 6.45. The fourth-order valence-electron chi connectivity index (χ4n) is 2.44. The van der Waals surface area contributed by atoms with E-state index in [0.717, 1.165) is 0 Å². The predicted molar refractivity (Wildman–Crippen MR) is 102 cm³/mol. The van der Waals surface area contributed by atoms with Crippen LogP contribution in [0.1, 0.15) is 25.0 Å². The van der Waals surface area contributed by atoms with Crippen LogP contribution in [0.5, 0.6) is 5.75 Å². The van der Waals surface area contributed by atoms with Gasteiger partial charge in [0.2, 0.25) is 0 Å². The van der Waals surface area contributed by atoms with Gasteiger partial charge < -0.3 is 10.1 Å². The molecule has 0 fully saturated rings. The molecule has 0 saturated carbocycles. The predicted octanol–water partition coefficient (Wildman–Crippen LogP) is 5.18. The van der Waals surface area contributed by atoms with Crippen molar-refractivity contribution in [3.63, 3.8) is 0 Å². The minimum absolute atomic E-state index is 0.00501. The van der Waals surface area contributed by atoms with Crippen molar-refractivity contribution in [2.45, 2.75) is 33.3 Å². The van der Waals surface area contributed by atoms with Gasteiger partial charge in [0, 0.05) is 22.8 Å². The Bertz CT molecular complexity index is 855. The monoisotopic (exact) mass is 396 g/mol. The summed E-state index contributed by atoms with van der Waals surface area (Å²) in [5.74, 6) is -0.0440. The number of halogens is 2. The second-order valence-electron chi connectivity index (χ2n) is 5.73. The fraction of sp³-hybridized carbons (Fsp3) is 0.278. The summed E-state index contributed by atoms with van der Waals surface area (Å²) in [5.41, 5.74) is 1.85. The number of non-ortho nitro benzene ring substituents is 1. The number of nitro benzene ring substituents is 1. The molecule has 1 amide bonds. The quantitative estimate of drug-likeness (QED) is 0.538. The minimum atomic E-state index is -0.826. The van der Waals surface area contributed by atoms with E-state index in [2.05, 4.69) is 5.32 Å². The van der Waals surface area contributed by atoms with E-state index in [9.17, 15) is 14.9 Å². The molecule has 2 aromatic carbocycles. The highest BCUT2D eigenvalue weighted by Crippen LogP contribution is 2.30. The first-order chi connectivity index (χ1) is 12.2. The highest BCUT2D eigenvalue weighted by atomic mass is 35.5. The molecule has 26 heavy (non-hydrogen) atoms. The molecule has 6 nitrogen and oxygen atoms in total. The Hall–Kier alpha value is -2.31. The van der Waals surface area contributed by atoms with E-state index in [1.54, 1.807) is 26.0 Å². The summed E-state index contributed by atoms with van der Waals surface area (Å²) < 4.78 is 5.60. The molecule has 0 spiro atoms. The van der Waals surface area contributed by atoms with Gasteiger partial charge in [-0.05, 0) is 49.6 Å². The molecule has 2 aromatic rings. The number of benzene rings is 2. The van der Waals surface area contributed by atoms with Crippen LogP contribution in [0.25, 0.3) is 0 Å². The van der Waals surface area contributed by atoms with Gasteiger partial charge in [0.05, 0.1) is 9.95 Å². The summed E-state index contributed by atoms with van der Waals surface area (Å²) in [6.45, 7) is 5.16. The molecule has 0 aliphatic heterocycles. The number of hydrogen-bond acceptors (Lipinski definition) is 4. The van der Waals surface area contributed by atoms with Crippen molar-refractivity contribution in [3.8, 4) is 5.75 Å². The van der Waals surface area contributed by atoms with Crippen molar-refractivity contribution in [3.05, 3.63) is 61.6 Å². The molecule has 1 atom stereocenters. The number of nitrogens with zero attached hydrogens (tertiary/aromatic N) is 1. The van der Waals surface area contributed by atoms with E-state index < -0.39 is 11.0 Å². The number of nitro groups is 1. The maximum absolute atomic E-state index is 12.5. The summed E-state index contributed by atoms with van der Waals surface area (Å²) in [6.07, 6.45) is -0.288. The average molecular weight is 397 g/mol. The van der Waals surface area contributed by atoms with Crippen LogP contribution in [0.4, 0.5) is 11.4 Å². The third-order valence-corrected chi connectivity index (χ3v) is 4.34. The molecule has 8 heteroatoms. The van der Waals surface area contributed by atoms with Crippen LogP contribution in [0, 0.1) is 17.0 Å². The van der Waals surface area contributed by atoms with Gasteiger partial charge in [-0.25, -0.2) is 0 Å². The SMILES string of the molecule is CCc1cc([N+](=O)[O-])cc(C)c1NC(=O)C(C)Oc1ccc(Cl)cc1Cl. The van der Waals surface area contributed by atoms with Crippen LogP contribution in [0.15, 0.2) is 30.3 Å². The lowest BCUT2D eigenvalue weighted by Crippen LogP contribution is -2.31. The Morgan fingerprint density at radius 2 is 2.00 bits per heavy atom. The highest BCUT2D eigenvalue weighted by molar-refractivity contribution is 6.35. The van der Waals surface area contributed by atoms with Gasteiger partial charge in [0.15, 0.2) is 6.10 Å². The molecule has 2 rings (SSSR count). The zero-order valence-corrected chi connectivity index (χ0v) is 16.0. The normalized spacial score (nSPS) is 11.7. The number of rotatable bonds is 6. The van der Waals surface area contributed by atoms with Gasteiger partial charge in [-0.1, -0.05) is 30.1 Å². The smallest absolute Gasteiger partial charge is 0.270 e. The van der Waals surface area contributed by atoms with Crippen LogP contribution < -0.4 is 10.1 Å². The lowest BCUT2D eigenvalue weighted by molar-refractivity contribution is -0.384. The number of anilines is 1. The van der Waals surface area contributed by atoms with Crippen molar-refractivity contribution in [2.24, 2.45) is 0 Å². The number of nitrogens with one attached hydrogen (secondary N) is 1. The number of carbonyl (C=O) groups is 1. The van der Waals surface area contributed by atoms with Crippen LogP contribution in [-0.2, 0) is 11.2 Å². The van der Waals surface area contributed by atoms with Gasteiger partial charge in [-0.15, -0.1) is 0 Å². The Labute approximate surface area is 161 Å². The van der Waals surface area contributed by atoms with E-state index in [4.69, 9.17) is 27.9 Å². The number of aryl methyl sites for hydroxylation is 2. The van der Waals surface area contributed by atoms with Crippen LogP contribution in [0.2, 0.25) is 10.0 Å². The molecule has 1 unspecified atom stereocenters. The fourth-order valence-corrected chi connectivity index (χ4v) is 2.90. The van der Waals surface area contributed by atoms with Gasteiger partial charge >= 0.3 is 0 Å². The lowest BCUT2D eigenvalue weighted by atomic mass is 10.0. The topological polar surface area (TPSA) is 81.5 Å². The molecular weight excluding hydrogens is 379 g/mol. The largest absolute Gasteiger partial charge is 0.479 e. The van der Waals surface area contributed by atoms with Crippen molar-refractivity contribution in [2.75, 3.05) is 5.32 Å². The van der Waals surface area contributed by atoms with E-state index in [1.165, 1.54) is 18.2 Å². The van der Waals surface area contributed by atoms with Gasteiger partial charge in [0.1, 0.15) is 5.75 Å². The summed E-state index contributed by atoms with van der Waals surface area (Å²) in [6, 6.07) is 7.62. The van der Waals surface area contributed by atoms with Crippen LogP contribution in [-0.4, -0.2) is 16.9 Å². The third-order valence-electron chi connectivity index (χ3n) is 3.81. The maximum atomic E-state index is 12.5. The molecule has 0 aliphatic carbocycles. The zero-order chi connectivity index (χ0) is 19.4. The van der Waals surface area contributed by atoms with Gasteiger partial charge in [-0.2, -0.15) is 0 Å². The Morgan fingerprint density at radius 1 is 1.31 bits per heavy atom. The second kappa shape index (κ2) is 8.38. The maximum Gasteiger partial charge on any atom is 0.270 e. The summed E-state index contributed by atoms with van der Waals surface area (Å²) >= 11 is 11.9. The summed E-state index contributed by atoms with van der Waals surface area (Å²) in [5, 5.41) is 14.6. The number of amides is 1. The van der Waals surface area contributed by atoms with E-state index in [-0.39, 0.29) is 11.6 Å². The molecular formula is C18H18Cl2N2O4. The van der Waals surface area contributed by atoms with Crippen molar-refractivity contribution in [1.29, 1.82) is 0 Å². The van der Waals surface area contributed by atoms with Crippen molar-refractivity contribution < 1.29 is 14.5 Å². The Balaban J connectivity index is 2.19. The first kappa shape index (κ1) is 20.0. The zero-order valence-electron chi connectivity index (χ0n) is 14.5. The minimum Gasteiger partial charge on any atom is -0.479 e. The first-order valence-electron chi connectivity index (χ1n) is 7.93. The highest BCUT2D eigenvalue weighted by Gasteiger charge is 2.20. The molecule has 0 saturated heterocycles. The summed E-state index contributed by atoms with van der Waals surface area (Å²) in [4.78, 5) is 23.0. The molecule has 138 valence electrons. The standard InChI is InChI=1S/C18H18Cl2N2O4/c1-4-12-8-14(22(24)25)7-10(2)17(12)21-18(23)11(3)26-16-6-5-13(19)9-15(16)20/h5-9,11H,4H2,1-3H3,(H,21,23). The van der Waals surface area contributed by atoms with Gasteiger partial charge in [-0.3, -0.25) is 14.9 Å². The molecule has 1 N–H and O–H groups in total. The van der Waals surface area contributed by atoms with Crippen molar-refractivity contribution in [1.82, 2.24) is 0 Å². The Morgan fingerprint density at radius 3 is 2.58 bits per heavy atom. The molecule has 0 bridgehead atoms. The molecule has 0 aromatic heterocycles. The van der Waals surface area contributed by atoms with E-state index >= 15 is 0 Å². The summed E-state index contributed by atoms with van der Waals surface area (Å²) in [7, 11) is 0. The van der Waals surface area contributed by atoms with E-state index in [1.807, 2.05) is 6.92 Å². The average Bonchev–Trinajstić information content (AvgIpc) is 2.58. The van der Waals surface area contributed by atoms with Gasteiger partial charge in [0.25, 0.3) is 11.6 Å². The number of hydrogen-bond donors (Lipinski definition) is 1. The van der Waals surface area contributed by atoms with Crippen molar-refractivity contribution >= 4 is 40.5 Å². The van der Waals surface area contributed by atoms with E-state index in [0.29, 0.717) is 39.0 Å². The lowest BCUT2D eigenvalue weighted by Gasteiger charge is -2.18. The second-order valence-corrected chi connectivity index (χ2v) is 6.58. The number of ether oxygens (including phenoxy) is 1.